The van der Waals surface area contributed by atoms with Crippen molar-refractivity contribution in [1.82, 2.24) is 10.3 Å². The van der Waals surface area contributed by atoms with Gasteiger partial charge in [0.1, 0.15) is 11.3 Å². The average molecular weight is 521 g/mol. The molecule has 0 aliphatic heterocycles. The third kappa shape index (κ3) is 9.49. The predicted octanol–water partition coefficient (Wildman–Crippen LogP) is 5.58. The number of aliphatic hydroxyl groups excluding tert-OH is 1. The second kappa shape index (κ2) is 15.4. The monoisotopic (exact) mass is 520 g/mol. The number of aryl methyl sites for hydroxylation is 1. The Kier molecular flexibility index (Phi) is 13.3. The molecule has 8 heteroatoms. The lowest BCUT2D eigenvalue weighted by Gasteiger charge is -2.13. The summed E-state index contributed by atoms with van der Waals surface area (Å²) < 4.78 is 5.76. The summed E-state index contributed by atoms with van der Waals surface area (Å²) in [5, 5.41) is 22.9. The first-order chi connectivity index (χ1) is 15.9. The zero-order valence-electron chi connectivity index (χ0n) is 20.0. The Morgan fingerprint density at radius 1 is 1.06 bits per heavy atom. The van der Waals surface area contributed by atoms with Gasteiger partial charge in [0.2, 0.25) is 0 Å². The lowest BCUT2D eigenvalue weighted by atomic mass is 10.0. The predicted molar refractivity (Wildman–Crippen MR) is 144 cm³/mol. The van der Waals surface area contributed by atoms with Crippen molar-refractivity contribution in [3.05, 3.63) is 83.7 Å². The van der Waals surface area contributed by atoms with Crippen LogP contribution >= 0.6 is 24.8 Å². The zero-order chi connectivity index (χ0) is 23.6. The number of hydrogen-bond acceptors (Lipinski definition) is 5. The molecule has 0 amide bonds. The van der Waals surface area contributed by atoms with E-state index in [1.54, 1.807) is 24.5 Å². The molecular formula is C27H34Cl2N2O4. The van der Waals surface area contributed by atoms with Crippen LogP contribution in [0.4, 0.5) is 0 Å². The highest BCUT2D eigenvalue weighted by atomic mass is 35.5. The van der Waals surface area contributed by atoms with Crippen LogP contribution in [0.15, 0.2) is 67.0 Å². The van der Waals surface area contributed by atoms with Crippen molar-refractivity contribution in [2.75, 3.05) is 19.7 Å². The molecule has 0 radical (unpaired) electrons. The Balaban J connectivity index is 0.00000306. The van der Waals surface area contributed by atoms with Crippen molar-refractivity contribution < 1.29 is 19.7 Å². The van der Waals surface area contributed by atoms with Crippen LogP contribution in [0.3, 0.4) is 0 Å². The maximum Gasteiger partial charge on any atom is 0.339 e. The highest BCUT2D eigenvalue weighted by Crippen LogP contribution is 2.28. The van der Waals surface area contributed by atoms with Crippen LogP contribution in [0.1, 0.15) is 47.9 Å². The fourth-order valence-corrected chi connectivity index (χ4v) is 3.47. The minimum atomic E-state index is -0.989. The molecule has 0 aliphatic rings. The van der Waals surface area contributed by atoms with Crippen LogP contribution in [0.2, 0.25) is 0 Å². The number of halogens is 2. The Hall–Kier alpha value is -2.64. The molecule has 2 aromatic carbocycles. The van der Waals surface area contributed by atoms with Crippen LogP contribution in [0.5, 0.6) is 5.75 Å². The molecular weight excluding hydrogens is 487 g/mol. The Labute approximate surface area is 219 Å². The van der Waals surface area contributed by atoms with Gasteiger partial charge in [-0.2, -0.15) is 0 Å². The first kappa shape index (κ1) is 30.4. The van der Waals surface area contributed by atoms with Gasteiger partial charge in [0.05, 0.1) is 12.7 Å². The third-order valence-corrected chi connectivity index (χ3v) is 5.30. The number of carboxylic acids is 1. The van der Waals surface area contributed by atoms with E-state index in [9.17, 15) is 15.0 Å². The maximum atomic E-state index is 11.5. The standard InChI is InChI=1S/C27H32N2O4.2ClH/c1-19(2)18-33-26-15-22(11-12-24(26)27(31)32)21-9-7-20(8-10-21)5-3-13-29-17-25(30)23-6-4-14-28-16-23;;/h4,6-12,14-16,19,25,29-30H,3,5,13,17-18H2,1-2H3,(H,31,32);2*1H/t25-;;/m0../s1. The van der Waals surface area contributed by atoms with Gasteiger partial charge in [-0.25, -0.2) is 4.79 Å². The summed E-state index contributed by atoms with van der Waals surface area (Å²) in [6, 6.07) is 17.2. The van der Waals surface area contributed by atoms with E-state index in [1.807, 2.05) is 32.0 Å². The first-order valence-electron chi connectivity index (χ1n) is 11.3. The molecule has 0 bridgehead atoms. The molecule has 0 saturated heterocycles. The number of pyridine rings is 1. The Morgan fingerprint density at radius 3 is 2.40 bits per heavy atom. The number of rotatable bonds is 12. The molecule has 0 saturated carbocycles. The Morgan fingerprint density at radius 2 is 1.77 bits per heavy atom. The summed E-state index contributed by atoms with van der Waals surface area (Å²) in [5.41, 5.74) is 4.16. The van der Waals surface area contributed by atoms with E-state index in [0.29, 0.717) is 24.8 Å². The van der Waals surface area contributed by atoms with Crippen LogP contribution in [-0.4, -0.2) is 40.9 Å². The number of aromatic nitrogens is 1. The lowest BCUT2D eigenvalue weighted by molar-refractivity contribution is 0.0691. The molecule has 0 unspecified atom stereocenters. The van der Waals surface area contributed by atoms with E-state index in [4.69, 9.17) is 4.74 Å². The second-order valence-electron chi connectivity index (χ2n) is 8.53. The van der Waals surface area contributed by atoms with Gasteiger partial charge in [0.25, 0.3) is 0 Å². The van der Waals surface area contributed by atoms with Gasteiger partial charge in [-0.3, -0.25) is 4.98 Å². The van der Waals surface area contributed by atoms with Crippen LogP contribution in [-0.2, 0) is 6.42 Å². The van der Waals surface area contributed by atoms with Gasteiger partial charge in [0.15, 0.2) is 0 Å². The number of nitrogens with zero attached hydrogens (tertiary/aromatic N) is 1. The summed E-state index contributed by atoms with van der Waals surface area (Å²) in [7, 11) is 0. The molecule has 0 fully saturated rings. The van der Waals surface area contributed by atoms with Crippen molar-refractivity contribution in [2.24, 2.45) is 5.92 Å². The van der Waals surface area contributed by atoms with E-state index < -0.39 is 12.1 Å². The third-order valence-electron chi connectivity index (χ3n) is 5.30. The van der Waals surface area contributed by atoms with Gasteiger partial charge in [-0.1, -0.05) is 50.2 Å². The number of aliphatic hydroxyl groups is 1. The highest BCUT2D eigenvalue weighted by molar-refractivity contribution is 5.92. The minimum Gasteiger partial charge on any atom is -0.492 e. The number of nitrogens with one attached hydrogen (secondary N) is 1. The van der Waals surface area contributed by atoms with E-state index in [-0.39, 0.29) is 30.4 Å². The number of hydrogen-bond donors (Lipinski definition) is 3. The van der Waals surface area contributed by atoms with Crippen molar-refractivity contribution in [3.63, 3.8) is 0 Å². The molecule has 1 heterocycles. The fraction of sp³-hybridized carbons (Fsp3) is 0.333. The molecule has 6 nitrogen and oxygen atoms in total. The van der Waals surface area contributed by atoms with Crippen LogP contribution in [0, 0.1) is 5.92 Å². The molecule has 0 spiro atoms. The topological polar surface area (TPSA) is 91.7 Å². The number of carbonyl (C=O) groups is 1. The molecule has 1 atom stereocenters. The van der Waals surface area contributed by atoms with Gasteiger partial charge < -0.3 is 20.3 Å². The number of aromatic carboxylic acids is 1. The molecule has 3 N–H and O–H groups in total. The van der Waals surface area contributed by atoms with E-state index >= 15 is 0 Å². The van der Waals surface area contributed by atoms with Gasteiger partial charge in [0, 0.05) is 24.5 Å². The minimum absolute atomic E-state index is 0. The fourth-order valence-electron chi connectivity index (χ4n) is 3.47. The number of ether oxygens (including phenoxy) is 1. The summed E-state index contributed by atoms with van der Waals surface area (Å²) in [6.45, 7) is 5.84. The Bertz CT molecular complexity index is 1030. The zero-order valence-corrected chi connectivity index (χ0v) is 21.6. The van der Waals surface area contributed by atoms with Crippen LogP contribution < -0.4 is 10.1 Å². The van der Waals surface area contributed by atoms with Gasteiger partial charge in [-0.05, 0) is 60.2 Å². The van der Waals surface area contributed by atoms with Crippen LogP contribution in [0.25, 0.3) is 11.1 Å². The van der Waals surface area contributed by atoms with E-state index in [1.165, 1.54) is 5.56 Å². The molecule has 3 aromatic rings. The second-order valence-corrected chi connectivity index (χ2v) is 8.53. The first-order valence-corrected chi connectivity index (χ1v) is 11.3. The molecule has 3 rings (SSSR count). The van der Waals surface area contributed by atoms with E-state index in [0.717, 1.165) is 36.1 Å². The SMILES string of the molecule is CC(C)COc1cc(-c2ccc(CCCNC[C@H](O)c3cccnc3)cc2)ccc1C(=O)O.Cl.Cl. The molecule has 190 valence electrons. The maximum absolute atomic E-state index is 11.5. The quantitative estimate of drug-likeness (QED) is 0.270. The van der Waals surface area contributed by atoms with Crippen molar-refractivity contribution >= 4 is 30.8 Å². The number of carboxylic acid groups (broad SMARTS) is 1. The van der Waals surface area contributed by atoms with E-state index in [2.05, 4.69) is 34.6 Å². The van der Waals surface area contributed by atoms with Gasteiger partial charge in [-0.15, -0.1) is 24.8 Å². The van der Waals surface area contributed by atoms with Gasteiger partial charge >= 0.3 is 5.97 Å². The smallest absolute Gasteiger partial charge is 0.339 e. The summed E-state index contributed by atoms with van der Waals surface area (Å²) in [5.74, 6) is -0.280. The van der Waals surface area contributed by atoms with Crippen molar-refractivity contribution in [2.45, 2.75) is 32.8 Å². The highest BCUT2D eigenvalue weighted by Gasteiger charge is 2.13. The molecule has 0 aliphatic carbocycles. The summed E-state index contributed by atoms with van der Waals surface area (Å²) in [4.78, 5) is 15.5. The van der Waals surface area contributed by atoms with Crippen molar-refractivity contribution in [1.29, 1.82) is 0 Å². The summed E-state index contributed by atoms with van der Waals surface area (Å²) >= 11 is 0. The summed E-state index contributed by atoms with van der Waals surface area (Å²) in [6.07, 6.45) is 4.71. The lowest BCUT2D eigenvalue weighted by Crippen LogP contribution is -2.22. The van der Waals surface area contributed by atoms with Crippen molar-refractivity contribution in [3.8, 4) is 16.9 Å². The average Bonchev–Trinajstić information content (AvgIpc) is 2.83. The normalized spacial score (nSPS) is 11.3. The molecule has 35 heavy (non-hydrogen) atoms. The molecule has 1 aromatic heterocycles. The largest absolute Gasteiger partial charge is 0.492 e. The number of benzene rings is 2.